The quantitative estimate of drug-likeness (QED) is 0.931. The second-order valence-corrected chi connectivity index (χ2v) is 4.41. The summed E-state index contributed by atoms with van der Waals surface area (Å²) in [5.41, 5.74) is 1.55. The molecular formula is C13H12F3NO2. The summed E-state index contributed by atoms with van der Waals surface area (Å²) < 4.78 is 39.3. The van der Waals surface area contributed by atoms with Gasteiger partial charge in [0.25, 0.3) is 0 Å². The lowest BCUT2D eigenvalue weighted by Gasteiger charge is -2.17. The van der Waals surface area contributed by atoms with Crippen molar-refractivity contribution in [2.75, 3.05) is 0 Å². The number of aryl methyl sites for hydroxylation is 1. The fourth-order valence-electron chi connectivity index (χ4n) is 2.05. The van der Waals surface area contributed by atoms with Crippen LogP contribution < -0.4 is 0 Å². The summed E-state index contributed by atoms with van der Waals surface area (Å²) in [5, 5.41) is 9.53. The molecule has 6 heteroatoms. The van der Waals surface area contributed by atoms with Gasteiger partial charge in [-0.3, -0.25) is 4.79 Å². The van der Waals surface area contributed by atoms with Crippen molar-refractivity contribution in [2.24, 2.45) is 5.92 Å². The molecule has 3 nitrogen and oxygen atoms in total. The van der Waals surface area contributed by atoms with Gasteiger partial charge in [-0.2, -0.15) is 13.2 Å². The average Bonchev–Trinajstić information content (AvgIpc) is 2.68. The van der Waals surface area contributed by atoms with E-state index < -0.39 is 24.6 Å². The Bertz CT molecular complexity index is 616. The maximum atomic E-state index is 12.6. The molecule has 2 aromatic rings. The Kier molecular flexibility index (Phi) is 3.26. The molecule has 0 aliphatic rings. The fraction of sp³-hybridized carbons (Fsp3) is 0.308. The maximum Gasteiger partial charge on any atom is 0.403 e. The highest BCUT2D eigenvalue weighted by Crippen LogP contribution is 2.29. The number of hydrogen-bond donors (Lipinski definition) is 1. The van der Waals surface area contributed by atoms with Gasteiger partial charge in [-0.1, -0.05) is 12.1 Å². The van der Waals surface area contributed by atoms with Crippen molar-refractivity contribution in [1.82, 2.24) is 4.57 Å². The minimum atomic E-state index is -4.76. The van der Waals surface area contributed by atoms with Crippen LogP contribution in [-0.4, -0.2) is 21.8 Å². The van der Waals surface area contributed by atoms with Gasteiger partial charge in [0, 0.05) is 23.6 Å². The maximum absolute atomic E-state index is 12.6. The first-order valence-electron chi connectivity index (χ1n) is 5.64. The highest BCUT2D eigenvalue weighted by molar-refractivity contribution is 5.83. The number of hydrogen-bond acceptors (Lipinski definition) is 1. The Morgan fingerprint density at radius 3 is 2.63 bits per heavy atom. The molecule has 102 valence electrons. The largest absolute Gasteiger partial charge is 0.481 e. The van der Waals surface area contributed by atoms with E-state index in [0.717, 1.165) is 10.9 Å². The molecule has 0 spiro atoms. The van der Waals surface area contributed by atoms with Crippen LogP contribution in [0.1, 0.15) is 5.56 Å². The van der Waals surface area contributed by atoms with Crippen LogP contribution in [0.25, 0.3) is 10.9 Å². The fourth-order valence-corrected chi connectivity index (χ4v) is 2.05. The molecule has 0 bridgehead atoms. The molecule has 1 N–H and O–H groups in total. The van der Waals surface area contributed by atoms with Gasteiger partial charge in [0.05, 0.1) is 0 Å². The number of carboxylic acids is 1. The van der Waals surface area contributed by atoms with E-state index in [1.54, 1.807) is 18.2 Å². The second-order valence-electron chi connectivity index (χ2n) is 4.41. The van der Waals surface area contributed by atoms with Gasteiger partial charge in [-0.25, -0.2) is 0 Å². The Hall–Kier alpha value is -1.98. The number of carboxylic acid groups (broad SMARTS) is 1. The van der Waals surface area contributed by atoms with E-state index in [2.05, 4.69) is 0 Å². The molecule has 1 aromatic carbocycles. The zero-order valence-electron chi connectivity index (χ0n) is 10.1. The first-order valence-corrected chi connectivity index (χ1v) is 5.64. The third kappa shape index (κ3) is 2.57. The lowest BCUT2D eigenvalue weighted by atomic mass is 10.1. The molecule has 0 fully saturated rings. The molecule has 0 aliphatic heterocycles. The van der Waals surface area contributed by atoms with Gasteiger partial charge < -0.3 is 9.67 Å². The van der Waals surface area contributed by atoms with Gasteiger partial charge in [0.2, 0.25) is 0 Å². The molecule has 0 saturated carbocycles. The summed E-state index contributed by atoms with van der Waals surface area (Å²) >= 11 is 0. The van der Waals surface area contributed by atoms with Gasteiger partial charge in [0.15, 0.2) is 5.92 Å². The molecule has 2 rings (SSSR count). The Labute approximate surface area is 107 Å². The summed E-state index contributed by atoms with van der Waals surface area (Å²) in [6.45, 7) is 1.23. The number of benzene rings is 1. The number of alkyl halides is 3. The highest BCUT2D eigenvalue weighted by Gasteiger charge is 2.45. The number of rotatable bonds is 3. The van der Waals surface area contributed by atoms with Gasteiger partial charge in [-0.15, -0.1) is 0 Å². The van der Waals surface area contributed by atoms with Crippen LogP contribution in [0.5, 0.6) is 0 Å². The monoisotopic (exact) mass is 271 g/mol. The van der Waals surface area contributed by atoms with Crippen LogP contribution in [0.3, 0.4) is 0 Å². The van der Waals surface area contributed by atoms with Gasteiger partial charge in [-0.05, 0) is 24.6 Å². The SMILES string of the molecule is Cc1cccc2c1ccn2CC(C(=O)O)C(F)(F)F. The van der Waals surface area contributed by atoms with Crippen molar-refractivity contribution >= 4 is 16.9 Å². The highest BCUT2D eigenvalue weighted by atomic mass is 19.4. The zero-order valence-corrected chi connectivity index (χ0v) is 10.1. The van der Waals surface area contributed by atoms with Gasteiger partial charge >= 0.3 is 12.1 Å². The smallest absolute Gasteiger partial charge is 0.403 e. The van der Waals surface area contributed by atoms with Gasteiger partial charge in [0.1, 0.15) is 0 Å². The number of nitrogens with zero attached hydrogens (tertiary/aromatic N) is 1. The van der Waals surface area contributed by atoms with E-state index >= 15 is 0 Å². The number of carbonyl (C=O) groups is 1. The predicted octanol–water partition coefficient (Wildman–Crippen LogP) is 3.21. The van der Waals surface area contributed by atoms with E-state index in [-0.39, 0.29) is 0 Å². The topological polar surface area (TPSA) is 42.2 Å². The standard InChI is InChI=1S/C13H12F3NO2/c1-8-3-2-4-11-9(8)5-6-17(11)7-10(12(18)19)13(14,15)16/h2-6,10H,7H2,1H3,(H,18,19). The zero-order chi connectivity index (χ0) is 14.2. The summed E-state index contributed by atoms with van der Waals surface area (Å²) in [6.07, 6.45) is -3.27. The Morgan fingerprint density at radius 1 is 1.37 bits per heavy atom. The number of aromatic nitrogens is 1. The number of halogens is 3. The molecule has 0 aliphatic carbocycles. The van der Waals surface area contributed by atoms with Crippen molar-refractivity contribution in [3.63, 3.8) is 0 Å². The lowest BCUT2D eigenvalue weighted by molar-refractivity contribution is -0.195. The van der Waals surface area contributed by atoms with Crippen LogP contribution in [0.15, 0.2) is 30.5 Å². The Balaban J connectivity index is 2.40. The number of fused-ring (bicyclic) bond motifs is 1. The lowest BCUT2D eigenvalue weighted by Crippen LogP contribution is -2.34. The van der Waals surface area contributed by atoms with Crippen molar-refractivity contribution in [3.8, 4) is 0 Å². The Morgan fingerprint density at radius 2 is 2.05 bits per heavy atom. The average molecular weight is 271 g/mol. The summed E-state index contributed by atoms with van der Waals surface area (Å²) in [4.78, 5) is 10.7. The van der Waals surface area contributed by atoms with Crippen LogP contribution in [-0.2, 0) is 11.3 Å². The summed E-state index contributed by atoms with van der Waals surface area (Å²) in [5.74, 6) is -4.26. The summed E-state index contributed by atoms with van der Waals surface area (Å²) in [6, 6.07) is 6.96. The van der Waals surface area contributed by atoms with Crippen molar-refractivity contribution in [2.45, 2.75) is 19.6 Å². The van der Waals surface area contributed by atoms with Crippen molar-refractivity contribution in [1.29, 1.82) is 0 Å². The number of aliphatic carboxylic acids is 1. The van der Waals surface area contributed by atoms with E-state index in [1.165, 1.54) is 10.8 Å². The molecule has 1 heterocycles. The van der Waals surface area contributed by atoms with Crippen LogP contribution in [0.2, 0.25) is 0 Å². The minimum absolute atomic E-state index is 0.607. The van der Waals surface area contributed by atoms with Crippen molar-refractivity contribution < 1.29 is 23.1 Å². The van der Waals surface area contributed by atoms with Crippen molar-refractivity contribution in [3.05, 3.63) is 36.0 Å². The molecule has 1 unspecified atom stereocenters. The first kappa shape index (κ1) is 13.5. The molecule has 1 aromatic heterocycles. The molecule has 1 atom stereocenters. The third-order valence-electron chi connectivity index (χ3n) is 3.10. The van der Waals surface area contributed by atoms with Crippen LogP contribution in [0.4, 0.5) is 13.2 Å². The third-order valence-corrected chi connectivity index (χ3v) is 3.10. The second kappa shape index (κ2) is 4.60. The minimum Gasteiger partial charge on any atom is -0.481 e. The van der Waals surface area contributed by atoms with E-state index in [4.69, 9.17) is 5.11 Å². The predicted molar refractivity (Wildman–Crippen MR) is 63.9 cm³/mol. The molecule has 0 amide bonds. The molecule has 0 radical (unpaired) electrons. The van der Waals surface area contributed by atoms with E-state index in [9.17, 15) is 18.0 Å². The molecule has 0 saturated heterocycles. The van der Waals surface area contributed by atoms with Crippen LogP contribution in [0, 0.1) is 12.8 Å². The molecule has 19 heavy (non-hydrogen) atoms. The summed E-state index contributed by atoms with van der Waals surface area (Å²) in [7, 11) is 0. The normalized spacial score (nSPS) is 13.7. The first-order chi connectivity index (χ1) is 8.80. The molecular weight excluding hydrogens is 259 g/mol. The van der Waals surface area contributed by atoms with E-state index in [0.29, 0.717) is 5.52 Å². The van der Waals surface area contributed by atoms with Crippen LogP contribution >= 0.6 is 0 Å². The van der Waals surface area contributed by atoms with E-state index in [1.807, 2.05) is 13.0 Å².